The lowest BCUT2D eigenvalue weighted by Gasteiger charge is -2.32. The van der Waals surface area contributed by atoms with Crippen molar-refractivity contribution in [3.8, 4) is 0 Å². The molecule has 0 fully saturated rings. The second-order valence-electron chi connectivity index (χ2n) is 8.43. The van der Waals surface area contributed by atoms with E-state index in [-0.39, 0.29) is 18.4 Å². The number of nitrogens with zero attached hydrogens (tertiary/aromatic N) is 1. The van der Waals surface area contributed by atoms with Crippen LogP contribution in [-0.2, 0) is 21.9 Å². The summed E-state index contributed by atoms with van der Waals surface area (Å²) in [5.41, 5.74) is 1.47. The number of nitrogens with one attached hydrogen (secondary N) is 1. The number of carbonyl (C=O) groups is 2. The Morgan fingerprint density at radius 1 is 1.03 bits per heavy atom. The Bertz CT molecular complexity index is 865. The van der Waals surface area contributed by atoms with E-state index in [1.165, 1.54) is 5.56 Å². The van der Waals surface area contributed by atoms with Gasteiger partial charge in [0.1, 0.15) is 6.04 Å². The van der Waals surface area contributed by atoms with Crippen LogP contribution < -0.4 is 5.32 Å². The molecule has 0 spiro atoms. The van der Waals surface area contributed by atoms with Crippen molar-refractivity contribution in [2.75, 3.05) is 5.75 Å². The molecule has 0 bridgehead atoms. The lowest BCUT2D eigenvalue weighted by molar-refractivity contribution is -0.140. The van der Waals surface area contributed by atoms with Crippen LogP contribution in [0.4, 0.5) is 0 Å². The molecular weight excluding hydrogens is 451 g/mol. The molecule has 2 aromatic carbocycles. The van der Waals surface area contributed by atoms with Crippen molar-refractivity contribution in [3.63, 3.8) is 0 Å². The molecule has 0 aliphatic rings. The predicted molar refractivity (Wildman–Crippen MR) is 132 cm³/mol. The van der Waals surface area contributed by atoms with E-state index < -0.39 is 11.6 Å². The summed E-state index contributed by atoms with van der Waals surface area (Å²) in [6.07, 6.45) is 0.326. The highest BCUT2D eigenvalue weighted by molar-refractivity contribution is 7.98. The fraction of sp³-hybridized carbons (Fsp3) is 0.417. The summed E-state index contributed by atoms with van der Waals surface area (Å²) in [7, 11) is 0. The zero-order valence-corrected chi connectivity index (χ0v) is 20.8. The van der Waals surface area contributed by atoms with Gasteiger partial charge in [0.2, 0.25) is 11.8 Å². The van der Waals surface area contributed by atoms with Gasteiger partial charge >= 0.3 is 0 Å². The first kappa shape index (κ1) is 25.6. The molecule has 1 N–H and O–H groups in total. The van der Waals surface area contributed by atoms with Crippen molar-refractivity contribution in [2.24, 2.45) is 0 Å². The van der Waals surface area contributed by atoms with Gasteiger partial charge in [-0.2, -0.15) is 11.8 Å². The Morgan fingerprint density at radius 2 is 1.65 bits per heavy atom. The molecule has 2 rings (SSSR count). The third kappa shape index (κ3) is 8.40. The van der Waals surface area contributed by atoms with Crippen molar-refractivity contribution in [2.45, 2.75) is 58.0 Å². The lowest BCUT2D eigenvalue weighted by Crippen LogP contribution is -2.52. The molecular formula is C24H30Cl2N2O2S. The van der Waals surface area contributed by atoms with Crippen molar-refractivity contribution in [1.82, 2.24) is 10.2 Å². The normalized spacial score (nSPS) is 12.3. The summed E-state index contributed by atoms with van der Waals surface area (Å²) in [6.45, 7) is 7.65. The number of halogens is 2. The van der Waals surface area contributed by atoms with Crippen LogP contribution in [0.2, 0.25) is 10.0 Å². The van der Waals surface area contributed by atoms with Crippen LogP contribution in [-0.4, -0.2) is 34.0 Å². The van der Waals surface area contributed by atoms with Crippen LogP contribution in [0.3, 0.4) is 0 Å². The Hall–Kier alpha value is -1.69. The van der Waals surface area contributed by atoms with Gasteiger partial charge in [0.05, 0.1) is 0 Å². The van der Waals surface area contributed by atoms with Crippen molar-refractivity contribution in [1.29, 1.82) is 0 Å². The van der Waals surface area contributed by atoms with Crippen LogP contribution in [0, 0.1) is 0 Å². The molecule has 0 saturated heterocycles. The summed E-state index contributed by atoms with van der Waals surface area (Å²) in [6, 6.07) is 14.7. The molecule has 168 valence electrons. The van der Waals surface area contributed by atoms with Gasteiger partial charge in [0, 0.05) is 45.6 Å². The van der Waals surface area contributed by atoms with E-state index in [9.17, 15) is 9.59 Å². The third-order valence-electron chi connectivity index (χ3n) is 4.63. The molecule has 2 amide bonds. The lowest BCUT2D eigenvalue weighted by atomic mass is 10.1. The molecule has 0 radical (unpaired) electrons. The smallest absolute Gasteiger partial charge is 0.242 e. The summed E-state index contributed by atoms with van der Waals surface area (Å²) >= 11 is 14.4. The number of amides is 2. The molecule has 0 aromatic heterocycles. The maximum Gasteiger partial charge on any atom is 0.242 e. The summed E-state index contributed by atoms with van der Waals surface area (Å²) in [4.78, 5) is 27.5. The molecule has 0 heterocycles. The van der Waals surface area contributed by atoms with E-state index in [0.29, 0.717) is 27.8 Å². The first-order valence-corrected chi connectivity index (χ1v) is 12.2. The van der Waals surface area contributed by atoms with E-state index in [0.717, 1.165) is 5.75 Å². The highest BCUT2D eigenvalue weighted by Crippen LogP contribution is 2.27. The molecule has 0 saturated carbocycles. The Morgan fingerprint density at radius 3 is 2.23 bits per heavy atom. The van der Waals surface area contributed by atoms with Gasteiger partial charge in [-0.05, 0) is 45.4 Å². The van der Waals surface area contributed by atoms with Gasteiger partial charge < -0.3 is 10.2 Å². The molecule has 7 heteroatoms. The van der Waals surface area contributed by atoms with E-state index in [4.69, 9.17) is 23.2 Å². The second-order valence-corrected chi connectivity index (χ2v) is 10.3. The Kier molecular flexibility index (Phi) is 9.73. The first-order valence-electron chi connectivity index (χ1n) is 10.2. The van der Waals surface area contributed by atoms with Gasteiger partial charge in [-0.25, -0.2) is 0 Å². The number of thioether (sulfide) groups is 1. The van der Waals surface area contributed by atoms with Gasteiger partial charge in [-0.1, -0.05) is 59.6 Å². The van der Waals surface area contributed by atoms with E-state index in [1.807, 2.05) is 39.0 Å². The second kappa shape index (κ2) is 11.8. The largest absolute Gasteiger partial charge is 0.350 e. The average Bonchev–Trinajstić information content (AvgIpc) is 2.70. The third-order valence-corrected chi connectivity index (χ3v) is 6.37. The van der Waals surface area contributed by atoms with E-state index in [1.54, 1.807) is 41.8 Å². The monoisotopic (exact) mass is 480 g/mol. The molecule has 4 nitrogen and oxygen atoms in total. The van der Waals surface area contributed by atoms with Crippen molar-refractivity contribution in [3.05, 3.63) is 69.7 Å². The number of hydrogen-bond donors (Lipinski definition) is 1. The van der Waals surface area contributed by atoms with Crippen LogP contribution in [0.5, 0.6) is 0 Å². The molecule has 1 atom stereocenters. The Labute approximate surface area is 199 Å². The van der Waals surface area contributed by atoms with Gasteiger partial charge in [0.15, 0.2) is 0 Å². The first-order chi connectivity index (χ1) is 14.6. The molecule has 2 aromatic rings. The molecule has 0 unspecified atom stereocenters. The molecule has 0 aliphatic carbocycles. The van der Waals surface area contributed by atoms with Crippen LogP contribution in [0.1, 0.15) is 45.2 Å². The standard InChI is InChI=1S/C24H30Cl2N2O2S/c1-17(23(30)27-24(2,3)4)28(15-19-20(25)11-8-12-21(19)26)22(29)13-14-31-16-18-9-6-5-7-10-18/h5-12,17H,13-16H2,1-4H3,(H,27,30)/t17-/m0/s1. The zero-order chi connectivity index (χ0) is 23.0. The minimum absolute atomic E-state index is 0.104. The molecule has 31 heavy (non-hydrogen) atoms. The quantitative estimate of drug-likeness (QED) is 0.451. The Balaban J connectivity index is 2.10. The maximum atomic E-state index is 13.1. The number of rotatable bonds is 9. The highest BCUT2D eigenvalue weighted by atomic mass is 35.5. The fourth-order valence-electron chi connectivity index (χ4n) is 2.98. The summed E-state index contributed by atoms with van der Waals surface area (Å²) < 4.78 is 0. The van der Waals surface area contributed by atoms with Gasteiger partial charge in [0.25, 0.3) is 0 Å². The topological polar surface area (TPSA) is 49.4 Å². The SMILES string of the molecule is C[C@@H](C(=O)NC(C)(C)C)N(Cc1c(Cl)cccc1Cl)C(=O)CCSCc1ccccc1. The van der Waals surface area contributed by atoms with E-state index >= 15 is 0 Å². The fourth-order valence-corrected chi connectivity index (χ4v) is 4.39. The van der Waals surface area contributed by atoms with Crippen molar-refractivity contribution < 1.29 is 9.59 Å². The predicted octanol–water partition coefficient (Wildman–Crippen LogP) is 5.95. The number of hydrogen-bond acceptors (Lipinski definition) is 3. The average molecular weight is 481 g/mol. The van der Waals surface area contributed by atoms with Gasteiger partial charge in [-0.3, -0.25) is 9.59 Å². The number of benzene rings is 2. The van der Waals surface area contributed by atoms with Crippen LogP contribution >= 0.6 is 35.0 Å². The molecule has 0 aliphatic heterocycles. The minimum atomic E-state index is -0.654. The highest BCUT2D eigenvalue weighted by Gasteiger charge is 2.29. The van der Waals surface area contributed by atoms with E-state index in [2.05, 4.69) is 17.4 Å². The van der Waals surface area contributed by atoms with Crippen molar-refractivity contribution >= 4 is 46.8 Å². The van der Waals surface area contributed by atoms with Crippen LogP contribution in [0.25, 0.3) is 0 Å². The minimum Gasteiger partial charge on any atom is -0.350 e. The zero-order valence-electron chi connectivity index (χ0n) is 18.5. The number of carbonyl (C=O) groups excluding carboxylic acids is 2. The summed E-state index contributed by atoms with van der Waals surface area (Å²) in [5, 5.41) is 3.91. The summed E-state index contributed by atoms with van der Waals surface area (Å²) in [5.74, 6) is 1.19. The maximum absolute atomic E-state index is 13.1. The van der Waals surface area contributed by atoms with Gasteiger partial charge in [-0.15, -0.1) is 0 Å². The van der Waals surface area contributed by atoms with Crippen LogP contribution in [0.15, 0.2) is 48.5 Å².